The molecule has 172 valence electrons. The first kappa shape index (κ1) is 23.3. The molecule has 0 radical (unpaired) electrons. The number of fused-ring (bicyclic) bond motifs is 1. The minimum Gasteiger partial charge on any atom is -0.493 e. The van der Waals surface area contributed by atoms with E-state index in [-0.39, 0.29) is 16.9 Å². The molecule has 1 amide bonds. The fourth-order valence-electron chi connectivity index (χ4n) is 2.91. The van der Waals surface area contributed by atoms with Crippen LogP contribution in [-0.2, 0) is 16.1 Å². The van der Waals surface area contributed by atoms with Crippen molar-refractivity contribution in [1.29, 1.82) is 0 Å². The van der Waals surface area contributed by atoms with Crippen LogP contribution in [0.25, 0.3) is 10.2 Å². The highest BCUT2D eigenvalue weighted by Gasteiger charge is 2.21. The van der Waals surface area contributed by atoms with Crippen LogP contribution >= 0.6 is 11.3 Å². The minimum atomic E-state index is -0.967. The monoisotopic (exact) mass is 476 g/mol. The van der Waals surface area contributed by atoms with Gasteiger partial charge in [-0.15, -0.1) is 0 Å². The molecule has 2 aromatic carbocycles. The average Bonchev–Trinajstić information content (AvgIpc) is 3.12. The second kappa shape index (κ2) is 9.44. The Morgan fingerprint density at radius 3 is 2.06 bits per heavy atom. The van der Waals surface area contributed by atoms with E-state index < -0.39 is 33.1 Å². The molecule has 0 aliphatic carbocycles. The van der Waals surface area contributed by atoms with Gasteiger partial charge in [-0.2, -0.15) is 4.99 Å². The predicted molar refractivity (Wildman–Crippen MR) is 115 cm³/mol. The molecule has 1 aromatic heterocycles. The van der Waals surface area contributed by atoms with Gasteiger partial charge in [0.1, 0.15) is 6.54 Å². The lowest BCUT2D eigenvalue weighted by molar-refractivity contribution is -0.394. The van der Waals surface area contributed by atoms with Crippen molar-refractivity contribution < 1.29 is 33.6 Å². The smallest absolute Gasteiger partial charge is 0.325 e. The highest BCUT2D eigenvalue weighted by Crippen LogP contribution is 2.33. The molecule has 3 aromatic rings. The molecule has 0 aliphatic heterocycles. The lowest BCUT2D eigenvalue weighted by Crippen LogP contribution is -2.22. The van der Waals surface area contributed by atoms with Crippen LogP contribution in [0.15, 0.2) is 35.3 Å². The number of methoxy groups -OCH3 is 3. The summed E-state index contributed by atoms with van der Waals surface area (Å²) in [6, 6.07) is 5.75. The highest BCUT2D eigenvalue weighted by atomic mass is 32.1. The van der Waals surface area contributed by atoms with Crippen molar-refractivity contribution in [2.45, 2.75) is 6.54 Å². The van der Waals surface area contributed by atoms with E-state index in [1.165, 1.54) is 25.9 Å². The molecule has 0 aliphatic rings. The van der Waals surface area contributed by atoms with Crippen LogP contribution in [0, 0.1) is 20.2 Å². The Kier molecular flexibility index (Phi) is 6.67. The van der Waals surface area contributed by atoms with Crippen LogP contribution in [0.4, 0.5) is 11.4 Å². The zero-order valence-corrected chi connectivity index (χ0v) is 18.3. The van der Waals surface area contributed by atoms with E-state index in [1.54, 1.807) is 12.1 Å². The molecule has 0 saturated heterocycles. The fourth-order valence-corrected chi connectivity index (χ4v) is 3.95. The number of thiazole rings is 1. The molecule has 33 heavy (non-hydrogen) atoms. The van der Waals surface area contributed by atoms with Gasteiger partial charge in [-0.3, -0.25) is 29.8 Å². The zero-order chi connectivity index (χ0) is 24.3. The Bertz CT molecular complexity index is 1330. The number of aromatic nitrogens is 1. The van der Waals surface area contributed by atoms with Crippen molar-refractivity contribution in [3.63, 3.8) is 0 Å². The number of amides is 1. The zero-order valence-electron chi connectivity index (χ0n) is 17.5. The van der Waals surface area contributed by atoms with Crippen LogP contribution in [0.1, 0.15) is 10.4 Å². The molecule has 14 heteroatoms. The summed E-state index contributed by atoms with van der Waals surface area (Å²) in [6.07, 6.45) is 0. The molecule has 0 unspecified atom stereocenters. The Morgan fingerprint density at radius 1 is 0.970 bits per heavy atom. The topological polar surface area (TPSA) is 165 Å². The van der Waals surface area contributed by atoms with Crippen LogP contribution in [0.5, 0.6) is 11.5 Å². The Morgan fingerprint density at radius 2 is 1.55 bits per heavy atom. The van der Waals surface area contributed by atoms with E-state index in [9.17, 15) is 29.8 Å². The predicted octanol–water partition coefficient (Wildman–Crippen LogP) is 2.45. The second-order valence-electron chi connectivity index (χ2n) is 6.39. The lowest BCUT2D eigenvalue weighted by atomic mass is 10.1. The summed E-state index contributed by atoms with van der Waals surface area (Å²) in [4.78, 5) is 49.4. The van der Waals surface area contributed by atoms with Crippen LogP contribution < -0.4 is 14.3 Å². The molecule has 1 heterocycles. The number of hydrogen-bond donors (Lipinski definition) is 0. The third-order valence-corrected chi connectivity index (χ3v) is 5.51. The van der Waals surface area contributed by atoms with Gasteiger partial charge >= 0.3 is 5.97 Å². The van der Waals surface area contributed by atoms with Crippen molar-refractivity contribution in [3.8, 4) is 11.5 Å². The normalized spacial score (nSPS) is 11.3. The van der Waals surface area contributed by atoms with Crippen molar-refractivity contribution in [3.05, 3.63) is 60.9 Å². The van der Waals surface area contributed by atoms with Gasteiger partial charge in [-0.05, 0) is 0 Å². The van der Waals surface area contributed by atoms with Gasteiger partial charge in [0, 0.05) is 24.3 Å². The number of hydrogen-bond acceptors (Lipinski definition) is 10. The Labute approximate surface area is 188 Å². The van der Waals surface area contributed by atoms with Crippen molar-refractivity contribution in [1.82, 2.24) is 4.57 Å². The molecule has 13 nitrogen and oxygen atoms in total. The number of rotatable bonds is 7. The molecule has 0 spiro atoms. The number of esters is 1. The van der Waals surface area contributed by atoms with Crippen LogP contribution in [-0.4, -0.2) is 47.6 Å². The van der Waals surface area contributed by atoms with Gasteiger partial charge in [0.15, 0.2) is 16.3 Å². The maximum absolute atomic E-state index is 12.8. The molecule has 0 saturated carbocycles. The first-order valence-corrected chi connectivity index (χ1v) is 9.85. The summed E-state index contributed by atoms with van der Waals surface area (Å²) in [6.45, 7) is -0.298. The van der Waals surface area contributed by atoms with Crippen LogP contribution in [0.3, 0.4) is 0 Å². The molecular weight excluding hydrogens is 460 g/mol. The number of nitro benzene ring substituents is 2. The van der Waals surface area contributed by atoms with E-state index in [4.69, 9.17) is 14.2 Å². The number of nitro groups is 2. The number of non-ortho nitro benzene ring substituents is 2. The van der Waals surface area contributed by atoms with Crippen molar-refractivity contribution in [2.24, 2.45) is 4.99 Å². The van der Waals surface area contributed by atoms with E-state index in [0.717, 1.165) is 29.5 Å². The number of carbonyl (C=O) groups excluding carboxylic acids is 2. The van der Waals surface area contributed by atoms with Gasteiger partial charge in [-0.1, -0.05) is 11.3 Å². The summed E-state index contributed by atoms with van der Waals surface area (Å²) in [7, 11) is 4.08. The second-order valence-corrected chi connectivity index (χ2v) is 7.40. The van der Waals surface area contributed by atoms with Gasteiger partial charge in [0.05, 0.1) is 53.0 Å². The first-order chi connectivity index (χ1) is 15.7. The summed E-state index contributed by atoms with van der Waals surface area (Å²) >= 11 is 1.03. The van der Waals surface area contributed by atoms with Crippen molar-refractivity contribution >= 4 is 44.8 Å². The number of benzene rings is 2. The first-order valence-electron chi connectivity index (χ1n) is 9.03. The van der Waals surface area contributed by atoms with Gasteiger partial charge in [0.2, 0.25) is 0 Å². The quantitative estimate of drug-likeness (QED) is 0.283. The van der Waals surface area contributed by atoms with Gasteiger partial charge < -0.3 is 18.8 Å². The van der Waals surface area contributed by atoms with Crippen LogP contribution in [0.2, 0.25) is 0 Å². The Balaban J connectivity index is 2.23. The lowest BCUT2D eigenvalue weighted by Gasteiger charge is -2.09. The minimum absolute atomic E-state index is 0.0601. The number of ether oxygens (including phenoxy) is 3. The molecule has 0 atom stereocenters. The summed E-state index contributed by atoms with van der Waals surface area (Å²) < 4.78 is 17.3. The average molecular weight is 476 g/mol. The van der Waals surface area contributed by atoms with E-state index in [0.29, 0.717) is 21.7 Å². The number of nitrogens with zero attached hydrogens (tertiary/aromatic N) is 4. The Hall–Kier alpha value is -4.33. The molecule has 0 bridgehead atoms. The maximum Gasteiger partial charge on any atom is 0.325 e. The van der Waals surface area contributed by atoms with E-state index in [1.807, 2.05) is 0 Å². The summed E-state index contributed by atoms with van der Waals surface area (Å²) in [5.41, 5.74) is -1.13. The summed E-state index contributed by atoms with van der Waals surface area (Å²) in [5, 5.41) is 22.2. The summed E-state index contributed by atoms with van der Waals surface area (Å²) in [5.74, 6) is -0.812. The highest BCUT2D eigenvalue weighted by molar-refractivity contribution is 7.16. The maximum atomic E-state index is 12.8. The van der Waals surface area contributed by atoms with E-state index in [2.05, 4.69) is 4.99 Å². The standard InChI is InChI=1S/C19H16N4O9S/c1-30-14-7-13-16(8-15(14)31-2)33-19(21(13)9-17(24)32-3)20-18(25)10-4-11(22(26)27)6-12(5-10)23(28)29/h4-8H,9H2,1-3H3. The third kappa shape index (κ3) is 4.79. The van der Waals surface area contributed by atoms with Gasteiger partial charge in [0.25, 0.3) is 17.3 Å². The number of carbonyl (C=O) groups is 2. The van der Waals surface area contributed by atoms with Crippen molar-refractivity contribution in [2.75, 3.05) is 21.3 Å². The molecule has 3 rings (SSSR count). The molecule has 0 fully saturated rings. The van der Waals surface area contributed by atoms with E-state index >= 15 is 0 Å². The van der Waals surface area contributed by atoms with Gasteiger partial charge in [-0.25, -0.2) is 0 Å². The largest absolute Gasteiger partial charge is 0.493 e. The SMILES string of the molecule is COC(=O)Cn1c(=NC(=O)c2cc([N+](=O)[O-])cc([N+](=O)[O-])c2)sc2cc(OC)c(OC)cc21. The molecular formula is C19H16N4O9S. The molecule has 0 N–H and O–H groups in total. The third-order valence-electron chi connectivity index (χ3n) is 4.47. The fraction of sp³-hybridized carbons (Fsp3) is 0.211.